The molecule has 0 radical (unpaired) electrons. The number of allylic oxidation sites excluding steroid dienone is 5. The molecule has 26 heavy (non-hydrogen) atoms. The predicted molar refractivity (Wildman–Crippen MR) is 109 cm³/mol. The second kappa shape index (κ2) is 9.73. The third-order valence-electron chi connectivity index (χ3n) is 4.52. The molecule has 5 heteroatoms. The third kappa shape index (κ3) is 5.43. The van der Waals surface area contributed by atoms with Crippen LogP contribution in [0.4, 0.5) is 5.69 Å². The summed E-state index contributed by atoms with van der Waals surface area (Å²) in [6, 6.07) is 5.18. The van der Waals surface area contributed by atoms with Crippen LogP contribution in [0.15, 0.2) is 58.8 Å². The maximum atomic E-state index is 11.4. The summed E-state index contributed by atoms with van der Waals surface area (Å²) < 4.78 is 0. The van der Waals surface area contributed by atoms with Gasteiger partial charge in [-0.25, -0.2) is 0 Å². The van der Waals surface area contributed by atoms with Crippen molar-refractivity contribution in [2.24, 2.45) is 22.4 Å². The van der Waals surface area contributed by atoms with Crippen molar-refractivity contribution < 1.29 is 4.79 Å². The fourth-order valence-electron chi connectivity index (χ4n) is 2.91. The number of nitrogens with zero attached hydrogens (tertiary/aromatic N) is 1. The van der Waals surface area contributed by atoms with Crippen molar-refractivity contribution in [1.82, 2.24) is 0 Å². The van der Waals surface area contributed by atoms with Crippen LogP contribution in [0.2, 0.25) is 0 Å². The maximum absolute atomic E-state index is 11.4. The van der Waals surface area contributed by atoms with Crippen LogP contribution in [0.3, 0.4) is 0 Å². The number of para-hydroxylation sites is 1. The zero-order valence-corrected chi connectivity index (χ0v) is 15.3. The second-order valence-corrected chi connectivity index (χ2v) is 6.51. The highest BCUT2D eigenvalue weighted by Gasteiger charge is 2.09. The lowest BCUT2D eigenvalue weighted by molar-refractivity contribution is 0.100. The highest BCUT2D eigenvalue weighted by molar-refractivity contribution is 6.02. The number of benzene rings is 1. The number of carbonyl (C=O) groups is 1. The smallest absolute Gasteiger partial charge is 0.250 e. The molecule has 2 rings (SSSR count). The van der Waals surface area contributed by atoms with Gasteiger partial charge < -0.3 is 17.2 Å². The van der Waals surface area contributed by atoms with Gasteiger partial charge in [0.25, 0.3) is 5.91 Å². The molecule has 0 aromatic heterocycles. The predicted octanol–water partition coefficient (Wildman–Crippen LogP) is 3.32. The Balaban J connectivity index is 2.15. The van der Waals surface area contributed by atoms with Crippen LogP contribution in [0.5, 0.6) is 0 Å². The van der Waals surface area contributed by atoms with E-state index < -0.39 is 5.91 Å². The number of nitrogen functional groups attached to an aromatic ring is 1. The van der Waals surface area contributed by atoms with Crippen molar-refractivity contribution in [2.75, 3.05) is 12.3 Å². The molecule has 5 nitrogen and oxygen atoms in total. The van der Waals surface area contributed by atoms with E-state index in [9.17, 15) is 4.79 Å². The summed E-state index contributed by atoms with van der Waals surface area (Å²) in [5.41, 5.74) is 20.5. The molecular weight excluding hydrogens is 324 g/mol. The van der Waals surface area contributed by atoms with E-state index in [0.29, 0.717) is 22.7 Å². The Morgan fingerprint density at radius 3 is 2.77 bits per heavy atom. The highest BCUT2D eigenvalue weighted by atomic mass is 16.1. The zero-order valence-electron chi connectivity index (χ0n) is 15.3. The van der Waals surface area contributed by atoms with E-state index in [4.69, 9.17) is 17.2 Å². The molecule has 0 aliphatic heterocycles. The van der Waals surface area contributed by atoms with Crippen molar-refractivity contribution in [3.63, 3.8) is 0 Å². The Kier molecular flexibility index (Phi) is 7.36. The minimum atomic E-state index is -0.538. The lowest BCUT2D eigenvalue weighted by Crippen LogP contribution is -2.14. The van der Waals surface area contributed by atoms with Crippen LogP contribution >= 0.6 is 0 Å². The molecule has 0 saturated carbocycles. The molecule has 1 aliphatic carbocycles. The lowest BCUT2D eigenvalue weighted by Gasteiger charge is -2.14. The molecule has 1 unspecified atom stereocenters. The monoisotopic (exact) mass is 352 g/mol. The quantitative estimate of drug-likeness (QED) is 0.517. The first-order valence-electron chi connectivity index (χ1n) is 9.03. The fourth-order valence-corrected chi connectivity index (χ4v) is 2.91. The second-order valence-electron chi connectivity index (χ2n) is 6.51. The van der Waals surface area contributed by atoms with Gasteiger partial charge in [0.05, 0.1) is 16.9 Å². The number of aliphatic imine (C=N–C) groups is 1. The van der Waals surface area contributed by atoms with Gasteiger partial charge in [-0.15, -0.1) is 0 Å². The number of hydrogen-bond donors (Lipinski definition) is 3. The molecule has 0 saturated heterocycles. The standard InChI is InChI=1S/C21H28N4O/c1-15(6-5-13-22)16-7-2-3-9-18(12-11-16)25-14-17-8-4-10-19(20(17)23)21(24)26/h4,7-12,14-15H,2-3,5-6,13,22-23H2,1H3,(H2,24,26)/b12-11?,16-7?,18-9-,25-14?. The summed E-state index contributed by atoms with van der Waals surface area (Å²) in [7, 11) is 0. The van der Waals surface area contributed by atoms with E-state index in [1.165, 1.54) is 5.57 Å². The zero-order chi connectivity index (χ0) is 18.9. The molecule has 0 heterocycles. The molecule has 138 valence electrons. The molecule has 1 atom stereocenters. The first kappa shape index (κ1) is 19.7. The SMILES string of the molecule is CC(CCCN)C1=CCC/C=C(\N=Cc2cccc(C(N)=O)c2N)C=C1. The Hall–Kier alpha value is -2.66. The molecule has 0 spiro atoms. The topological polar surface area (TPSA) is 107 Å². The van der Waals surface area contributed by atoms with Crippen LogP contribution in [0.25, 0.3) is 0 Å². The van der Waals surface area contributed by atoms with Crippen molar-refractivity contribution in [3.8, 4) is 0 Å². The highest BCUT2D eigenvalue weighted by Crippen LogP contribution is 2.22. The van der Waals surface area contributed by atoms with E-state index >= 15 is 0 Å². The fraction of sp³-hybridized carbons (Fsp3) is 0.333. The number of amides is 1. The maximum Gasteiger partial charge on any atom is 0.250 e. The van der Waals surface area contributed by atoms with Gasteiger partial charge in [0.1, 0.15) is 0 Å². The largest absolute Gasteiger partial charge is 0.398 e. The average molecular weight is 352 g/mol. The summed E-state index contributed by atoms with van der Waals surface area (Å²) in [5, 5.41) is 0. The van der Waals surface area contributed by atoms with Gasteiger partial charge in [-0.1, -0.05) is 37.3 Å². The molecular formula is C21H28N4O. The third-order valence-corrected chi connectivity index (χ3v) is 4.52. The first-order chi connectivity index (χ1) is 12.5. The van der Waals surface area contributed by atoms with E-state index in [0.717, 1.165) is 37.9 Å². The summed E-state index contributed by atoms with van der Waals surface area (Å²) >= 11 is 0. The molecule has 0 bridgehead atoms. The first-order valence-corrected chi connectivity index (χ1v) is 9.03. The minimum Gasteiger partial charge on any atom is -0.398 e. The van der Waals surface area contributed by atoms with Crippen LogP contribution in [0.1, 0.15) is 48.5 Å². The Labute approximate surface area is 155 Å². The van der Waals surface area contributed by atoms with Gasteiger partial charge in [0, 0.05) is 11.8 Å². The summed E-state index contributed by atoms with van der Waals surface area (Å²) in [5.74, 6) is -0.0508. The molecule has 6 N–H and O–H groups in total. The van der Waals surface area contributed by atoms with E-state index in [1.54, 1.807) is 18.3 Å². The van der Waals surface area contributed by atoms with Gasteiger partial charge in [0.15, 0.2) is 0 Å². The molecule has 1 aromatic carbocycles. The molecule has 1 aliphatic rings. The number of anilines is 1. The van der Waals surface area contributed by atoms with Gasteiger partial charge in [-0.05, 0) is 55.9 Å². The number of carbonyl (C=O) groups excluding carboxylic acids is 1. The summed E-state index contributed by atoms with van der Waals surface area (Å²) in [4.78, 5) is 15.9. The van der Waals surface area contributed by atoms with E-state index in [1.807, 2.05) is 12.1 Å². The average Bonchev–Trinajstić information content (AvgIpc) is 2.60. The normalized spacial score (nSPS) is 17.9. The Bertz CT molecular complexity index is 759. The number of nitrogens with two attached hydrogens (primary N) is 3. The number of rotatable bonds is 7. The van der Waals surface area contributed by atoms with Crippen molar-refractivity contribution >= 4 is 17.8 Å². The number of primary amides is 1. The Morgan fingerprint density at radius 2 is 2.04 bits per heavy atom. The van der Waals surface area contributed by atoms with Crippen LogP contribution < -0.4 is 17.2 Å². The van der Waals surface area contributed by atoms with E-state index in [-0.39, 0.29) is 0 Å². The summed E-state index contributed by atoms with van der Waals surface area (Å²) in [6.07, 6.45) is 14.3. The van der Waals surface area contributed by atoms with Gasteiger partial charge in [-0.2, -0.15) is 0 Å². The minimum absolute atomic E-state index is 0.315. The van der Waals surface area contributed by atoms with Gasteiger partial charge in [0.2, 0.25) is 0 Å². The number of hydrogen-bond acceptors (Lipinski definition) is 4. The molecule has 1 aromatic rings. The Morgan fingerprint density at radius 1 is 1.27 bits per heavy atom. The van der Waals surface area contributed by atoms with Crippen molar-refractivity contribution in [2.45, 2.75) is 32.6 Å². The van der Waals surface area contributed by atoms with E-state index in [2.05, 4.69) is 30.1 Å². The molecule has 1 amide bonds. The van der Waals surface area contributed by atoms with Gasteiger partial charge in [-0.3, -0.25) is 9.79 Å². The lowest BCUT2D eigenvalue weighted by atomic mass is 9.93. The van der Waals surface area contributed by atoms with Crippen LogP contribution in [-0.4, -0.2) is 18.7 Å². The van der Waals surface area contributed by atoms with Crippen LogP contribution in [-0.2, 0) is 0 Å². The molecule has 0 fully saturated rings. The van der Waals surface area contributed by atoms with Crippen molar-refractivity contribution in [3.05, 3.63) is 64.9 Å². The van der Waals surface area contributed by atoms with Crippen molar-refractivity contribution in [1.29, 1.82) is 0 Å². The van der Waals surface area contributed by atoms with Gasteiger partial charge >= 0.3 is 0 Å². The van der Waals surface area contributed by atoms with Crippen LogP contribution in [0, 0.1) is 5.92 Å². The summed E-state index contributed by atoms with van der Waals surface area (Å²) in [6.45, 7) is 2.96.